The third-order valence-corrected chi connectivity index (χ3v) is 9.43. The molecule has 3 unspecified atom stereocenters. The highest BCUT2D eigenvalue weighted by molar-refractivity contribution is 8.09. The van der Waals surface area contributed by atoms with E-state index >= 15 is 0 Å². The van der Waals surface area contributed by atoms with Crippen LogP contribution in [0.5, 0.6) is 5.75 Å². The van der Waals surface area contributed by atoms with Crippen molar-refractivity contribution in [2.75, 3.05) is 31.8 Å². The van der Waals surface area contributed by atoms with Gasteiger partial charge in [0.25, 0.3) is 0 Å². The number of nitrogens with zero attached hydrogens (tertiary/aromatic N) is 3. The number of thioether (sulfide) groups is 1. The number of amides is 3. The van der Waals surface area contributed by atoms with Gasteiger partial charge in [-0.15, -0.1) is 0 Å². The van der Waals surface area contributed by atoms with Gasteiger partial charge in [0.05, 0.1) is 53.4 Å². The van der Waals surface area contributed by atoms with Gasteiger partial charge in [-0.25, -0.2) is 19.5 Å². The molecule has 0 aliphatic carbocycles. The normalized spacial score (nSPS) is 21.7. The van der Waals surface area contributed by atoms with Gasteiger partial charge in [-0.05, 0) is 49.6 Å². The molecule has 11 nitrogen and oxygen atoms in total. The largest absolute Gasteiger partial charge is 0.496 e. The quantitative estimate of drug-likeness (QED) is 0.347. The Labute approximate surface area is 252 Å². The molecule has 1 aromatic heterocycles. The SMILES string of the molecule is COc1ccccc1C(CN1C(=O)N(c2cccc(C(=O)O)c2)C(=O)C2C(C)=C(c3ncco3)SC21)OC1CCOCC1. The maximum atomic E-state index is 14.4. The summed E-state index contributed by atoms with van der Waals surface area (Å²) in [6.07, 6.45) is 3.74. The van der Waals surface area contributed by atoms with Crippen LogP contribution in [0.25, 0.3) is 4.91 Å². The number of carbonyl (C=O) groups excluding carboxylic acids is 2. The van der Waals surface area contributed by atoms with E-state index in [2.05, 4.69) is 4.98 Å². The third kappa shape index (κ3) is 5.53. The Bertz CT molecular complexity index is 1550. The van der Waals surface area contributed by atoms with Crippen molar-refractivity contribution < 1.29 is 38.1 Å². The average molecular weight is 606 g/mol. The number of benzene rings is 2. The molecule has 1 N–H and O–H groups in total. The fourth-order valence-corrected chi connectivity index (χ4v) is 7.30. The first-order valence-corrected chi connectivity index (χ1v) is 14.9. The second kappa shape index (κ2) is 12.2. The van der Waals surface area contributed by atoms with Crippen LogP contribution in [0.3, 0.4) is 0 Å². The van der Waals surface area contributed by atoms with Gasteiger partial charge >= 0.3 is 12.0 Å². The lowest BCUT2D eigenvalue weighted by Gasteiger charge is -2.43. The van der Waals surface area contributed by atoms with Crippen molar-refractivity contribution in [2.24, 2.45) is 5.92 Å². The summed E-state index contributed by atoms with van der Waals surface area (Å²) < 4.78 is 23.5. The zero-order valence-electron chi connectivity index (χ0n) is 23.7. The Morgan fingerprint density at radius 2 is 1.95 bits per heavy atom. The van der Waals surface area contributed by atoms with Crippen LogP contribution in [0.15, 0.2) is 71.0 Å². The number of aromatic nitrogens is 1. The van der Waals surface area contributed by atoms with Crippen molar-refractivity contribution in [1.82, 2.24) is 9.88 Å². The number of hydrogen-bond donors (Lipinski definition) is 1. The van der Waals surface area contributed by atoms with Gasteiger partial charge in [-0.3, -0.25) is 4.79 Å². The van der Waals surface area contributed by atoms with E-state index in [-0.39, 0.29) is 23.9 Å². The summed E-state index contributed by atoms with van der Waals surface area (Å²) in [5.74, 6) is -1.33. The number of urea groups is 1. The number of imide groups is 1. The van der Waals surface area contributed by atoms with Crippen LogP contribution < -0.4 is 9.64 Å². The molecular weight excluding hydrogens is 574 g/mol. The van der Waals surface area contributed by atoms with Crippen molar-refractivity contribution in [2.45, 2.75) is 37.3 Å². The maximum Gasteiger partial charge on any atom is 0.335 e. The lowest BCUT2D eigenvalue weighted by Crippen LogP contribution is -2.61. The minimum absolute atomic E-state index is 0.0324. The molecule has 6 rings (SSSR count). The van der Waals surface area contributed by atoms with E-state index in [1.807, 2.05) is 31.2 Å². The van der Waals surface area contributed by atoms with Crippen LogP contribution in [-0.2, 0) is 14.3 Å². The summed E-state index contributed by atoms with van der Waals surface area (Å²) in [6.45, 7) is 3.11. The van der Waals surface area contributed by atoms with Crippen molar-refractivity contribution in [3.63, 3.8) is 0 Å². The van der Waals surface area contributed by atoms with Gasteiger partial charge in [0.1, 0.15) is 18.1 Å². The Balaban J connectivity index is 1.42. The molecule has 0 saturated carbocycles. The highest BCUT2D eigenvalue weighted by Crippen LogP contribution is 2.52. The highest BCUT2D eigenvalue weighted by Gasteiger charge is 2.53. The predicted molar refractivity (Wildman–Crippen MR) is 158 cm³/mol. The summed E-state index contributed by atoms with van der Waals surface area (Å²) >= 11 is 1.35. The predicted octanol–water partition coefficient (Wildman–Crippen LogP) is 5.21. The molecule has 3 atom stereocenters. The number of para-hydroxylation sites is 1. The van der Waals surface area contributed by atoms with Gasteiger partial charge in [-0.2, -0.15) is 0 Å². The monoisotopic (exact) mass is 605 g/mol. The molecule has 224 valence electrons. The number of hydrogen-bond acceptors (Lipinski definition) is 9. The summed E-state index contributed by atoms with van der Waals surface area (Å²) in [4.78, 5) is 47.9. The molecule has 2 saturated heterocycles. The van der Waals surface area contributed by atoms with Crippen molar-refractivity contribution >= 4 is 40.3 Å². The molecular formula is C31H31N3O8S. The first kappa shape index (κ1) is 29.0. The highest BCUT2D eigenvalue weighted by atomic mass is 32.2. The van der Waals surface area contributed by atoms with E-state index in [0.29, 0.717) is 42.6 Å². The molecule has 3 aliphatic heterocycles. The molecule has 0 radical (unpaired) electrons. The van der Waals surface area contributed by atoms with Gasteiger partial charge in [0, 0.05) is 18.8 Å². The fourth-order valence-electron chi connectivity index (χ4n) is 5.78. The molecule has 0 bridgehead atoms. The van der Waals surface area contributed by atoms with Crippen LogP contribution in [0.2, 0.25) is 0 Å². The number of anilines is 1. The van der Waals surface area contributed by atoms with E-state index in [0.717, 1.165) is 16.0 Å². The van der Waals surface area contributed by atoms with E-state index in [4.69, 9.17) is 18.6 Å². The Kier molecular flexibility index (Phi) is 8.24. The number of methoxy groups -OCH3 is 1. The van der Waals surface area contributed by atoms with Crippen molar-refractivity contribution in [3.05, 3.63) is 83.6 Å². The number of carboxylic acids is 1. The third-order valence-electron chi connectivity index (χ3n) is 7.93. The number of rotatable bonds is 9. The molecule has 2 aromatic carbocycles. The van der Waals surface area contributed by atoms with Gasteiger partial charge in [0.15, 0.2) is 0 Å². The van der Waals surface area contributed by atoms with E-state index in [9.17, 15) is 19.5 Å². The minimum Gasteiger partial charge on any atom is -0.496 e. The van der Waals surface area contributed by atoms with Gasteiger partial charge in [0.2, 0.25) is 11.8 Å². The number of ether oxygens (including phenoxy) is 3. The average Bonchev–Trinajstić information content (AvgIpc) is 3.67. The molecule has 12 heteroatoms. The van der Waals surface area contributed by atoms with Crippen LogP contribution in [0, 0.1) is 5.92 Å². The second-order valence-corrected chi connectivity index (χ2v) is 11.6. The van der Waals surface area contributed by atoms with Crippen LogP contribution >= 0.6 is 11.8 Å². The Morgan fingerprint density at radius 3 is 2.67 bits per heavy atom. The number of oxazole rings is 1. The first-order chi connectivity index (χ1) is 20.9. The second-order valence-electron chi connectivity index (χ2n) is 10.5. The van der Waals surface area contributed by atoms with Crippen LogP contribution in [-0.4, -0.2) is 71.2 Å². The smallest absolute Gasteiger partial charge is 0.335 e. The summed E-state index contributed by atoms with van der Waals surface area (Å²) in [5, 5.41) is 9.01. The van der Waals surface area contributed by atoms with Crippen LogP contribution in [0.1, 0.15) is 47.7 Å². The molecule has 3 aromatic rings. The molecule has 3 aliphatic rings. The van der Waals surface area contributed by atoms with Crippen LogP contribution in [0.4, 0.5) is 10.5 Å². The zero-order chi connectivity index (χ0) is 30.1. The molecule has 0 spiro atoms. The number of carbonyl (C=O) groups is 3. The topological polar surface area (TPSA) is 132 Å². The Morgan fingerprint density at radius 1 is 1.16 bits per heavy atom. The molecule has 43 heavy (non-hydrogen) atoms. The maximum absolute atomic E-state index is 14.4. The lowest BCUT2D eigenvalue weighted by molar-refractivity contribution is -0.123. The minimum atomic E-state index is -1.16. The lowest BCUT2D eigenvalue weighted by atomic mass is 9.94. The number of fused-ring (bicyclic) bond motifs is 1. The number of aromatic carboxylic acids is 1. The summed E-state index contributed by atoms with van der Waals surface area (Å²) in [7, 11) is 1.59. The fraction of sp³-hybridized carbons (Fsp3) is 0.355. The zero-order valence-corrected chi connectivity index (χ0v) is 24.5. The van der Waals surface area contributed by atoms with E-state index < -0.39 is 35.3 Å². The van der Waals surface area contributed by atoms with Gasteiger partial charge in [-0.1, -0.05) is 36.0 Å². The van der Waals surface area contributed by atoms with Gasteiger partial charge < -0.3 is 28.6 Å². The van der Waals surface area contributed by atoms with Crippen molar-refractivity contribution in [1.29, 1.82) is 0 Å². The number of carboxylic acid groups (broad SMARTS) is 1. The Hall–Kier alpha value is -4.13. The molecule has 2 fully saturated rings. The first-order valence-electron chi connectivity index (χ1n) is 14.0. The van der Waals surface area contributed by atoms with E-state index in [1.165, 1.54) is 42.4 Å². The summed E-state index contributed by atoms with van der Waals surface area (Å²) in [5.41, 5.74) is 1.64. The molecule has 4 heterocycles. The summed E-state index contributed by atoms with van der Waals surface area (Å²) in [6, 6.07) is 12.8. The molecule has 3 amide bonds. The standard InChI is InChI=1S/C31H31N3O8S/c1-18-25-28(35)34(20-7-5-6-19(16-20)30(36)37)31(38)33(29(25)43-26(18)27-32-12-15-41-27)17-24(42-21-10-13-40-14-11-21)22-8-3-4-9-23(22)39-2/h3-9,12,15-16,21,24-25,29H,10-11,13-14,17H2,1-2H3,(H,36,37). The van der Waals surface area contributed by atoms with Crippen molar-refractivity contribution in [3.8, 4) is 5.75 Å². The van der Waals surface area contributed by atoms with E-state index in [1.54, 1.807) is 18.1 Å².